The second-order valence-corrected chi connectivity index (χ2v) is 9.84. The predicted molar refractivity (Wildman–Crippen MR) is 134 cm³/mol. The number of hydrogen-bond donors (Lipinski definition) is 1. The van der Waals surface area contributed by atoms with Crippen molar-refractivity contribution in [3.63, 3.8) is 0 Å². The summed E-state index contributed by atoms with van der Waals surface area (Å²) in [6, 6.07) is 3.62. The van der Waals surface area contributed by atoms with Crippen LogP contribution in [0.3, 0.4) is 0 Å². The van der Waals surface area contributed by atoms with Crippen molar-refractivity contribution in [3.05, 3.63) is 57.4 Å². The normalized spacial score (nSPS) is 12.5. The molecular weight excluding hydrogens is 489 g/mol. The summed E-state index contributed by atoms with van der Waals surface area (Å²) >= 11 is 3.16. The molecule has 0 saturated carbocycles. The number of carbonyl (C=O) groups is 2. The molecule has 0 bridgehead atoms. The Morgan fingerprint density at radius 2 is 2.06 bits per heavy atom. The van der Waals surface area contributed by atoms with Crippen LogP contribution < -0.4 is 5.32 Å². The van der Waals surface area contributed by atoms with Crippen molar-refractivity contribution in [3.8, 4) is 10.6 Å². The second kappa shape index (κ2) is 10.8. The van der Waals surface area contributed by atoms with E-state index in [1.807, 2.05) is 54.2 Å². The van der Waals surface area contributed by atoms with Crippen LogP contribution in [0.15, 0.2) is 29.9 Å². The van der Waals surface area contributed by atoms with E-state index in [4.69, 9.17) is 4.79 Å². The molecule has 4 aromatic heterocycles. The highest BCUT2D eigenvalue weighted by Crippen LogP contribution is 2.32. The molecule has 4 aromatic rings. The van der Waals surface area contributed by atoms with Crippen molar-refractivity contribution >= 4 is 45.8 Å². The molecule has 1 aliphatic rings. The first kappa shape index (κ1) is 24.6. The summed E-state index contributed by atoms with van der Waals surface area (Å²) in [6.45, 7) is 4.41. The lowest BCUT2D eigenvalue weighted by Crippen LogP contribution is -2.36. The molecule has 0 aliphatic carbocycles. The van der Waals surface area contributed by atoms with Crippen molar-refractivity contribution in [1.29, 1.82) is 0 Å². The van der Waals surface area contributed by atoms with E-state index in [0.717, 1.165) is 38.4 Å². The quantitative estimate of drug-likeness (QED) is 0.400. The number of aldehydes is 1. The molecule has 0 saturated heterocycles. The molecule has 5 rings (SSSR count). The van der Waals surface area contributed by atoms with Crippen molar-refractivity contribution < 1.29 is 14.0 Å². The van der Waals surface area contributed by atoms with Crippen LogP contribution in [0.5, 0.6) is 0 Å². The van der Waals surface area contributed by atoms with E-state index in [1.54, 1.807) is 17.5 Å². The lowest BCUT2D eigenvalue weighted by atomic mass is 10.1. The minimum Gasteiger partial charge on any atom is -0.334 e. The number of aryl methyl sites for hydroxylation is 3. The van der Waals surface area contributed by atoms with E-state index >= 15 is 0 Å². The Balaban J connectivity index is 0.000000672. The van der Waals surface area contributed by atoms with Gasteiger partial charge >= 0.3 is 0 Å². The Morgan fingerprint density at radius 3 is 2.71 bits per heavy atom. The number of pyridine rings is 1. The Labute approximate surface area is 209 Å². The number of nitrogens with zero attached hydrogens (tertiary/aromatic N) is 6. The first-order valence-corrected chi connectivity index (χ1v) is 12.5. The fourth-order valence-electron chi connectivity index (χ4n) is 3.75. The minimum atomic E-state index is -0.861. The SMILES string of the molecule is Cc1nc(C)c(-c2csc(Nc3ccc(C(=O)N4CCc5c(cnn5C)C4)cn3)n2)s1.O=CCF. The maximum Gasteiger partial charge on any atom is 0.255 e. The summed E-state index contributed by atoms with van der Waals surface area (Å²) in [6.07, 6.45) is 4.49. The number of hydrogen-bond acceptors (Lipinski definition) is 9. The second-order valence-electron chi connectivity index (χ2n) is 7.78. The number of amides is 1. The van der Waals surface area contributed by atoms with Gasteiger partial charge in [-0.15, -0.1) is 22.7 Å². The molecule has 182 valence electrons. The molecule has 0 aromatic carbocycles. The van der Waals surface area contributed by atoms with Gasteiger partial charge in [0.05, 0.1) is 33.0 Å². The first-order valence-electron chi connectivity index (χ1n) is 10.8. The molecule has 0 unspecified atom stereocenters. The van der Waals surface area contributed by atoms with Gasteiger partial charge in [-0.1, -0.05) is 0 Å². The highest BCUT2D eigenvalue weighted by molar-refractivity contribution is 7.16. The Kier molecular flexibility index (Phi) is 7.61. The van der Waals surface area contributed by atoms with Crippen LogP contribution in [0.2, 0.25) is 0 Å². The van der Waals surface area contributed by atoms with Gasteiger partial charge in [0.25, 0.3) is 5.91 Å². The molecule has 0 radical (unpaired) electrons. The number of nitrogens with one attached hydrogen (secondary N) is 1. The van der Waals surface area contributed by atoms with Gasteiger partial charge in [0, 0.05) is 49.4 Å². The van der Waals surface area contributed by atoms with Crippen LogP contribution in [0, 0.1) is 13.8 Å². The number of rotatable bonds is 5. The summed E-state index contributed by atoms with van der Waals surface area (Å²) in [4.78, 5) is 38.2. The fraction of sp³-hybridized carbons (Fsp3) is 0.304. The van der Waals surface area contributed by atoms with Gasteiger partial charge in [-0.25, -0.2) is 19.3 Å². The van der Waals surface area contributed by atoms with E-state index in [1.165, 1.54) is 17.0 Å². The summed E-state index contributed by atoms with van der Waals surface area (Å²) < 4.78 is 12.2. The monoisotopic (exact) mass is 513 g/mol. The number of alkyl halides is 1. The summed E-state index contributed by atoms with van der Waals surface area (Å²) in [5.74, 6) is 0.643. The third kappa shape index (κ3) is 5.60. The number of aromatic nitrogens is 5. The lowest BCUT2D eigenvalue weighted by Gasteiger charge is -2.27. The van der Waals surface area contributed by atoms with Crippen molar-refractivity contribution in [2.75, 3.05) is 18.5 Å². The Morgan fingerprint density at radius 1 is 1.26 bits per heavy atom. The molecule has 1 amide bonds. The summed E-state index contributed by atoms with van der Waals surface area (Å²) in [7, 11) is 1.94. The molecule has 35 heavy (non-hydrogen) atoms. The minimum absolute atomic E-state index is 0.0128. The molecule has 0 atom stereocenters. The maximum absolute atomic E-state index is 12.9. The number of fused-ring (bicyclic) bond motifs is 1. The molecule has 0 spiro atoms. The van der Waals surface area contributed by atoms with E-state index < -0.39 is 6.67 Å². The zero-order valence-electron chi connectivity index (χ0n) is 19.5. The van der Waals surface area contributed by atoms with Crippen molar-refractivity contribution in [1.82, 2.24) is 29.6 Å². The average molecular weight is 514 g/mol. The third-order valence-corrected chi connectivity index (χ3v) is 7.22. The number of thiazole rings is 2. The molecule has 1 N–H and O–H groups in total. The van der Waals surface area contributed by atoms with Crippen LogP contribution in [0.4, 0.5) is 15.3 Å². The summed E-state index contributed by atoms with van der Waals surface area (Å²) in [5, 5.41) is 11.3. The zero-order valence-corrected chi connectivity index (χ0v) is 21.1. The largest absolute Gasteiger partial charge is 0.334 e. The molecule has 0 fully saturated rings. The number of carbonyl (C=O) groups excluding carboxylic acids is 2. The molecular formula is C23H24FN7O2S2. The highest BCUT2D eigenvalue weighted by Gasteiger charge is 2.24. The van der Waals surface area contributed by atoms with E-state index in [0.29, 0.717) is 24.5 Å². The fourth-order valence-corrected chi connectivity index (χ4v) is 5.42. The molecule has 12 heteroatoms. The van der Waals surface area contributed by atoms with E-state index in [2.05, 4.69) is 25.4 Å². The first-order chi connectivity index (χ1) is 16.9. The standard InChI is InChI=1S/C21H21N7OS2.C2H3FO/c1-12-19(31-13(2)24-12)16-11-30-21(25-16)26-18-5-4-14(8-22-18)20(29)28-7-6-17-15(10-28)9-23-27(17)3;3-1-2-4/h4-5,8-9,11H,6-7,10H2,1-3H3,(H,22,25,26);2H,1H2. The van der Waals surface area contributed by atoms with Gasteiger partial charge in [0.2, 0.25) is 0 Å². The Bertz CT molecular complexity index is 1330. The average Bonchev–Trinajstić information content (AvgIpc) is 3.57. The molecule has 5 heterocycles. The third-order valence-electron chi connectivity index (χ3n) is 5.36. The maximum atomic E-state index is 12.9. The van der Waals surface area contributed by atoms with Gasteiger partial charge < -0.3 is 15.0 Å². The van der Waals surface area contributed by atoms with Gasteiger partial charge in [-0.05, 0) is 26.0 Å². The highest BCUT2D eigenvalue weighted by atomic mass is 32.1. The lowest BCUT2D eigenvalue weighted by molar-refractivity contribution is -0.108. The number of anilines is 2. The number of halogens is 1. The van der Waals surface area contributed by atoms with Crippen LogP contribution in [-0.2, 0) is 24.8 Å². The van der Waals surface area contributed by atoms with Gasteiger partial charge in [-0.3, -0.25) is 9.48 Å². The van der Waals surface area contributed by atoms with E-state index in [-0.39, 0.29) is 12.2 Å². The van der Waals surface area contributed by atoms with Gasteiger partial charge in [0.1, 0.15) is 12.5 Å². The van der Waals surface area contributed by atoms with Crippen molar-refractivity contribution in [2.45, 2.75) is 26.8 Å². The van der Waals surface area contributed by atoms with Crippen LogP contribution in [-0.4, -0.2) is 55.0 Å². The topological polar surface area (TPSA) is 106 Å². The van der Waals surface area contributed by atoms with Gasteiger partial charge in [0.15, 0.2) is 11.4 Å². The molecule has 1 aliphatic heterocycles. The van der Waals surface area contributed by atoms with Crippen molar-refractivity contribution in [2.24, 2.45) is 7.05 Å². The molecule has 9 nitrogen and oxygen atoms in total. The van der Waals surface area contributed by atoms with Gasteiger partial charge in [-0.2, -0.15) is 5.10 Å². The van der Waals surface area contributed by atoms with Crippen LogP contribution in [0.1, 0.15) is 32.3 Å². The smallest absolute Gasteiger partial charge is 0.255 e. The summed E-state index contributed by atoms with van der Waals surface area (Å²) in [5.41, 5.74) is 4.81. The zero-order chi connectivity index (χ0) is 24.9. The van der Waals surface area contributed by atoms with E-state index in [9.17, 15) is 9.18 Å². The Hall–Kier alpha value is -3.51. The van der Waals surface area contributed by atoms with Crippen LogP contribution >= 0.6 is 22.7 Å². The van der Waals surface area contributed by atoms with Crippen LogP contribution in [0.25, 0.3) is 10.6 Å². The predicted octanol–water partition coefficient (Wildman–Crippen LogP) is 4.11.